The highest BCUT2D eigenvalue weighted by atomic mass is 35.5. The van der Waals surface area contributed by atoms with Gasteiger partial charge in [0.05, 0.1) is 5.02 Å². The molecule has 0 unspecified atom stereocenters. The predicted octanol–water partition coefficient (Wildman–Crippen LogP) is 4.46. The molecule has 20 heavy (non-hydrogen) atoms. The highest BCUT2D eigenvalue weighted by Gasteiger charge is 2.24. The van der Waals surface area contributed by atoms with Gasteiger partial charge in [0.1, 0.15) is 5.01 Å². The molecular weight excluding hydrogens is 315 g/mol. The van der Waals surface area contributed by atoms with Crippen molar-refractivity contribution in [3.05, 3.63) is 34.1 Å². The van der Waals surface area contributed by atoms with E-state index in [-0.39, 0.29) is 5.41 Å². The fourth-order valence-corrected chi connectivity index (χ4v) is 3.16. The summed E-state index contributed by atoms with van der Waals surface area (Å²) in [5, 5.41) is 15.0. The second-order valence-electron chi connectivity index (χ2n) is 5.50. The van der Waals surface area contributed by atoms with Crippen LogP contribution in [0.2, 0.25) is 10.0 Å². The molecule has 2 heterocycles. The smallest absolute Gasteiger partial charge is 0.186 e. The summed E-state index contributed by atoms with van der Waals surface area (Å²) < 4.78 is 1.78. The molecule has 0 radical (unpaired) electrons. The molecule has 0 bridgehead atoms. The first-order valence-electron chi connectivity index (χ1n) is 6.04. The topological polar surface area (TPSA) is 43.1 Å². The first kappa shape index (κ1) is 13.8. The molecule has 0 aliphatic heterocycles. The van der Waals surface area contributed by atoms with Gasteiger partial charge < -0.3 is 0 Å². The Hall–Kier alpha value is -1.17. The number of nitrogens with zero attached hydrogens (tertiary/aromatic N) is 4. The lowest BCUT2D eigenvalue weighted by Crippen LogP contribution is -2.16. The van der Waals surface area contributed by atoms with E-state index in [0.29, 0.717) is 10.0 Å². The second-order valence-corrected chi connectivity index (χ2v) is 7.30. The standard InChI is InChI=1S/C13H12Cl2N4S/c1-13(2,3)11-16-17-12-19(11)18-10(20-12)8-6-7(14)4-5-9(8)15/h4-6H,1-3H3. The number of benzene rings is 1. The van der Waals surface area contributed by atoms with E-state index in [2.05, 4.69) is 36.1 Å². The van der Waals surface area contributed by atoms with Crippen LogP contribution in [0.15, 0.2) is 18.2 Å². The summed E-state index contributed by atoms with van der Waals surface area (Å²) in [6, 6.07) is 5.34. The molecule has 0 saturated carbocycles. The molecule has 2 aromatic heterocycles. The zero-order valence-corrected chi connectivity index (χ0v) is 13.5. The maximum atomic E-state index is 6.22. The minimum Gasteiger partial charge on any atom is -0.186 e. The van der Waals surface area contributed by atoms with Crippen LogP contribution in [0.3, 0.4) is 0 Å². The van der Waals surface area contributed by atoms with Gasteiger partial charge in [0.25, 0.3) is 0 Å². The molecule has 0 amide bonds. The normalized spacial score (nSPS) is 12.2. The number of rotatable bonds is 1. The van der Waals surface area contributed by atoms with Gasteiger partial charge in [-0.3, -0.25) is 0 Å². The van der Waals surface area contributed by atoms with Crippen LogP contribution >= 0.6 is 34.5 Å². The van der Waals surface area contributed by atoms with Gasteiger partial charge in [-0.25, -0.2) is 0 Å². The number of halogens is 2. The highest BCUT2D eigenvalue weighted by molar-refractivity contribution is 7.19. The van der Waals surface area contributed by atoms with Gasteiger partial charge in [-0.15, -0.1) is 10.2 Å². The summed E-state index contributed by atoms with van der Waals surface area (Å²) in [5.41, 5.74) is 0.692. The molecule has 3 rings (SSSR count). The van der Waals surface area contributed by atoms with Crippen LogP contribution in [0.25, 0.3) is 15.5 Å². The van der Waals surface area contributed by atoms with E-state index in [1.807, 2.05) is 6.07 Å². The molecule has 4 nitrogen and oxygen atoms in total. The number of fused-ring (bicyclic) bond motifs is 1. The third kappa shape index (κ3) is 2.30. The fourth-order valence-electron chi connectivity index (χ4n) is 1.85. The quantitative estimate of drug-likeness (QED) is 0.663. The minimum absolute atomic E-state index is 0.122. The van der Waals surface area contributed by atoms with E-state index in [1.165, 1.54) is 11.3 Å². The van der Waals surface area contributed by atoms with Crippen molar-refractivity contribution in [2.75, 3.05) is 0 Å². The predicted molar refractivity (Wildman–Crippen MR) is 82.8 cm³/mol. The lowest BCUT2D eigenvalue weighted by atomic mass is 9.96. The third-order valence-electron chi connectivity index (χ3n) is 2.82. The van der Waals surface area contributed by atoms with Gasteiger partial charge in [0, 0.05) is 16.0 Å². The van der Waals surface area contributed by atoms with Crippen molar-refractivity contribution in [2.45, 2.75) is 26.2 Å². The lowest BCUT2D eigenvalue weighted by Gasteiger charge is -2.13. The molecule has 0 spiro atoms. The van der Waals surface area contributed by atoms with Crippen LogP contribution in [0, 0.1) is 0 Å². The van der Waals surface area contributed by atoms with E-state index in [0.717, 1.165) is 21.4 Å². The zero-order valence-electron chi connectivity index (χ0n) is 11.2. The fraction of sp³-hybridized carbons (Fsp3) is 0.308. The van der Waals surface area contributed by atoms with E-state index < -0.39 is 0 Å². The second kappa shape index (κ2) is 4.69. The van der Waals surface area contributed by atoms with Gasteiger partial charge in [-0.05, 0) is 18.2 Å². The van der Waals surface area contributed by atoms with E-state index in [9.17, 15) is 0 Å². The van der Waals surface area contributed by atoms with E-state index >= 15 is 0 Å². The van der Waals surface area contributed by atoms with Crippen LogP contribution in [0.1, 0.15) is 26.6 Å². The monoisotopic (exact) mass is 326 g/mol. The highest BCUT2D eigenvalue weighted by Crippen LogP contribution is 2.34. The Bertz CT molecular complexity index is 785. The van der Waals surface area contributed by atoms with Crippen molar-refractivity contribution in [1.29, 1.82) is 0 Å². The van der Waals surface area contributed by atoms with Crippen LogP contribution in [-0.2, 0) is 5.41 Å². The molecular formula is C13H12Cl2N4S. The van der Waals surface area contributed by atoms with Gasteiger partial charge in [0.2, 0.25) is 4.96 Å². The number of aromatic nitrogens is 4. The average molecular weight is 327 g/mol. The Labute approximate surface area is 130 Å². The van der Waals surface area contributed by atoms with Crippen molar-refractivity contribution < 1.29 is 0 Å². The Balaban J connectivity index is 2.19. The first-order chi connectivity index (χ1) is 9.36. The van der Waals surface area contributed by atoms with Crippen molar-refractivity contribution >= 4 is 39.5 Å². The number of hydrogen-bond donors (Lipinski definition) is 0. The van der Waals surface area contributed by atoms with Crippen LogP contribution in [0.4, 0.5) is 0 Å². The SMILES string of the molecule is CC(C)(C)c1nnc2sc(-c3cc(Cl)ccc3Cl)nn12. The molecule has 0 N–H and O–H groups in total. The van der Waals surface area contributed by atoms with E-state index in [1.54, 1.807) is 16.6 Å². The summed E-state index contributed by atoms with van der Waals surface area (Å²) in [6.07, 6.45) is 0. The largest absolute Gasteiger partial charge is 0.235 e. The Morgan fingerprint density at radius 1 is 1.15 bits per heavy atom. The van der Waals surface area contributed by atoms with Crippen LogP contribution in [0.5, 0.6) is 0 Å². The Morgan fingerprint density at radius 3 is 2.60 bits per heavy atom. The Morgan fingerprint density at radius 2 is 1.90 bits per heavy atom. The van der Waals surface area contributed by atoms with Crippen LogP contribution < -0.4 is 0 Å². The van der Waals surface area contributed by atoms with Crippen molar-refractivity contribution in [1.82, 2.24) is 19.8 Å². The van der Waals surface area contributed by atoms with Gasteiger partial charge in [-0.2, -0.15) is 9.61 Å². The first-order valence-corrected chi connectivity index (χ1v) is 7.61. The molecule has 0 aliphatic rings. The van der Waals surface area contributed by atoms with Gasteiger partial charge >= 0.3 is 0 Å². The molecule has 104 valence electrons. The summed E-state index contributed by atoms with van der Waals surface area (Å²) in [5.74, 6) is 0.827. The minimum atomic E-state index is -0.122. The summed E-state index contributed by atoms with van der Waals surface area (Å²) in [6.45, 7) is 6.23. The molecule has 0 saturated heterocycles. The lowest BCUT2D eigenvalue weighted by molar-refractivity contribution is 0.528. The van der Waals surface area contributed by atoms with E-state index in [4.69, 9.17) is 23.2 Å². The maximum absolute atomic E-state index is 6.22. The van der Waals surface area contributed by atoms with Crippen LogP contribution in [-0.4, -0.2) is 19.8 Å². The molecule has 7 heteroatoms. The summed E-state index contributed by atoms with van der Waals surface area (Å²) in [7, 11) is 0. The third-order valence-corrected chi connectivity index (χ3v) is 4.32. The van der Waals surface area contributed by atoms with Crippen molar-refractivity contribution in [3.63, 3.8) is 0 Å². The zero-order chi connectivity index (χ0) is 14.5. The van der Waals surface area contributed by atoms with Crippen molar-refractivity contribution in [3.8, 4) is 10.6 Å². The van der Waals surface area contributed by atoms with Gasteiger partial charge in [-0.1, -0.05) is 55.3 Å². The van der Waals surface area contributed by atoms with Gasteiger partial charge in [0.15, 0.2) is 5.82 Å². The summed E-state index contributed by atoms with van der Waals surface area (Å²) in [4.78, 5) is 0.751. The Kier molecular flexibility index (Phi) is 3.23. The molecule has 0 fully saturated rings. The molecule has 3 aromatic rings. The average Bonchev–Trinajstić information content (AvgIpc) is 2.89. The molecule has 0 aliphatic carbocycles. The number of hydrogen-bond acceptors (Lipinski definition) is 4. The molecule has 0 atom stereocenters. The van der Waals surface area contributed by atoms with Crippen molar-refractivity contribution in [2.24, 2.45) is 0 Å². The maximum Gasteiger partial charge on any atom is 0.235 e. The molecule has 1 aromatic carbocycles. The summed E-state index contributed by atoms with van der Waals surface area (Å²) >= 11 is 13.7.